The van der Waals surface area contributed by atoms with Crippen molar-refractivity contribution in [2.75, 3.05) is 0 Å². The molecule has 0 amide bonds. The number of allylic oxidation sites excluding steroid dienone is 3. The monoisotopic (exact) mass is 458 g/mol. The Morgan fingerprint density at radius 1 is 1.00 bits per heavy atom. The van der Waals surface area contributed by atoms with Crippen LogP contribution in [0.15, 0.2) is 23.5 Å². The first kappa shape index (κ1) is 25.3. The van der Waals surface area contributed by atoms with E-state index in [-0.39, 0.29) is 27.6 Å². The van der Waals surface area contributed by atoms with Gasteiger partial charge >= 0.3 is 0 Å². The third kappa shape index (κ3) is 3.66. The molecular weight excluding hydrogens is 408 g/mol. The van der Waals surface area contributed by atoms with E-state index >= 15 is 0 Å². The van der Waals surface area contributed by atoms with Crippen LogP contribution in [0.25, 0.3) is 0 Å². The Hall–Kier alpha value is -0.800. The summed E-state index contributed by atoms with van der Waals surface area (Å²) in [5.41, 5.74) is 1.25. The molecule has 0 aliphatic heterocycles. The van der Waals surface area contributed by atoms with E-state index in [4.69, 9.17) is 0 Å². The van der Waals surface area contributed by atoms with Crippen molar-refractivity contribution in [1.29, 1.82) is 0 Å². The van der Waals surface area contributed by atoms with Crippen LogP contribution < -0.4 is 0 Å². The van der Waals surface area contributed by atoms with Gasteiger partial charge < -0.3 is 15.3 Å². The predicted molar refractivity (Wildman–Crippen MR) is 136 cm³/mol. The summed E-state index contributed by atoms with van der Waals surface area (Å²) in [5.74, 6) is 2.58. The Kier molecular flexibility index (Phi) is 6.02. The van der Waals surface area contributed by atoms with Crippen molar-refractivity contribution >= 4 is 0 Å². The first-order valence-corrected chi connectivity index (χ1v) is 13.6. The zero-order chi connectivity index (χ0) is 24.6. The van der Waals surface area contributed by atoms with E-state index in [1.54, 1.807) is 13.8 Å². The predicted octanol–water partition coefficient (Wildman–Crippen LogP) is 7.19. The number of aliphatic hydroxyl groups excluding tert-OH is 2. The van der Waals surface area contributed by atoms with Crippen molar-refractivity contribution in [3.8, 4) is 0 Å². The van der Waals surface area contributed by atoms with Gasteiger partial charge in [0.1, 0.15) is 0 Å². The van der Waals surface area contributed by atoms with E-state index < -0.39 is 11.7 Å². The molecule has 0 aromatic heterocycles. The Labute approximate surface area is 202 Å². The van der Waals surface area contributed by atoms with E-state index in [2.05, 4.69) is 53.7 Å². The van der Waals surface area contributed by atoms with Gasteiger partial charge in [0, 0.05) is 5.92 Å². The van der Waals surface area contributed by atoms with Gasteiger partial charge in [0.25, 0.3) is 0 Å². The summed E-state index contributed by atoms with van der Waals surface area (Å²) in [6, 6.07) is 0. The molecule has 0 heterocycles. The molecule has 3 nitrogen and oxygen atoms in total. The van der Waals surface area contributed by atoms with Crippen LogP contribution in [0.2, 0.25) is 0 Å². The molecule has 1 unspecified atom stereocenters. The second kappa shape index (κ2) is 7.85. The number of rotatable bonds is 5. The highest BCUT2D eigenvalue weighted by molar-refractivity contribution is 5.36. The van der Waals surface area contributed by atoms with Crippen LogP contribution in [0.4, 0.5) is 0 Å². The molecule has 8 atom stereocenters. The van der Waals surface area contributed by atoms with E-state index in [0.717, 1.165) is 19.3 Å². The standard InChI is InChI=1S/C30H50O3/c1-19(9-12-24(32)27(4,5)33)20-13-16-30(8)23-11-10-21-25(22(31)14-15-26(21,2)3)28(23,6)17-18-29(20,30)7/h10,14,19-20,23-25,31-33H,9,11-13,15-18H2,1-8H3/t19-,20-,23-,24?,25+,28-,29-,30+/m1/s1. The maximum absolute atomic E-state index is 11.1. The van der Waals surface area contributed by atoms with Crippen LogP contribution in [0.5, 0.6) is 0 Å². The van der Waals surface area contributed by atoms with E-state index in [1.165, 1.54) is 31.3 Å². The minimum absolute atomic E-state index is 0.117. The van der Waals surface area contributed by atoms with Crippen LogP contribution >= 0.6 is 0 Å². The van der Waals surface area contributed by atoms with E-state index in [9.17, 15) is 15.3 Å². The van der Waals surface area contributed by atoms with E-state index in [0.29, 0.717) is 29.9 Å². The fourth-order valence-electron chi connectivity index (χ4n) is 9.20. The molecule has 4 rings (SSSR count). The van der Waals surface area contributed by atoms with E-state index in [1.807, 2.05) is 0 Å². The Morgan fingerprint density at radius 2 is 1.67 bits per heavy atom. The first-order chi connectivity index (χ1) is 15.1. The van der Waals surface area contributed by atoms with Crippen molar-refractivity contribution in [3.05, 3.63) is 23.5 Å². The van der Waals surface area contributed by atoms with Gasteiger partial charge in [-0.15, -0.1) is 0 Å². The lowest BCUT2D eigenvalue weighted by Crippen LogP contribution is -2.58. The third-order valence-corrected chi connectivity index (χ3v) is 11.7. The molecule has 2 fully saturated rings. The molecule has 4 aliphatic carbocycles. The second-order valence-electron chi connectivity index (χ2n) is 14.3. The lowest BCUT2D eigenvalue weighted by molar-refractivity contribution is -0.136. The number of aliphatic hydroxyl groups is 3. The van der Waals surface area contributed by atoms with Gasteiger partial charge in [-0.05, 0) is 111 Å². The van der Waals surface area contributed by atoms with Crippen molar-refractivity contribution in [3.63, 3.8) is 0 Å². The molecule has 3 heteroatoms. The van der Waals surface area contributed by atoms with Crippen molar-refractivity contribution < 1.29 is 15.3 Å². The first-order valence-electron chi connectivity index (χ1n) is 13.6. The summed E-state index contributed by atoms with van der Waals surface area (Å²) >= 11 is 0. The fourth-order valence-corrected chi connectivity index (χ4v) is 9.20. The molecule has 0 spiro atoms. The molecular formula is C30H50O3. The van der Waals surface area contributed by atoms with Gasteiger partial charge in [-0.3, -0.25) is 0 Å². The summed E-state index contributed by atoms with van der Waals surface area (Å²) in [4.78, 5) is 0. The maximum Gasteiger partial charge on any atom is 0.0960 e. The molecule has 188 valence electrons. The van der Waals surface area contributed by atoms with Gasteiger partial charge in [-0.1, -0.05) is 53.2 Å². The smallest absolute Gasteiger partial charge is 0.0960 e. The topological polar surface area (TPSA) is 60.7 Å². The molecule has 0 bridgehead atoms. The average molecular weight is 459 g/mol. The average Bonchev–Trinajstić information content (AvgIpc) is 2.99. The molecule has 0 saturated heterocycles. The number of hydrogen-bond acceptors (Lipinski definition) is 3. The summed E-state index contributed by atoms with van der Waals surface area (Å²) in [6.07, 6.45) is 12.6. The van der Waals surface area contributed by atoms with Crippen molar-refractivity contribution in [2.45, 2.75) is 118 Å². The highest BCUT2D eigenvalue weighted by atomic mass is 16.3. The molecule has 2 saturated carbocycles. The molecule has 0 radical (unpaired) electrons. The van der Waals surface area contributed by atoms with Crippen LogP contribution in [0.3, 0.4) is 0 Å². The molecule has 33 heavy (non-hydrogen) atoms. The lowest BCUT2D eigenvalue weighted by atomic mass is 9.39. The largest absolute Gasteiger partial charge is 0.512 e. The fraction of sp³-hybridized carbons (Fsp3) is 0.867. The number of fused-ring (bicyclic) bond motifs is 5. The van der Waals surface area contributed by atoms with Crippen LogP contribution in [-0.2, 0) is 0 Å². The summed E-state index contributed by atoms with van der Waals surface area (Å²) in [7, 11) is 0. The zero-order valence-electron chi connectivity index (χ0n) is 22.5. The van der Waals surface area contributed by atoms with Crippen LogP contribution in [0, 0.1) is 45.3 Å². The zero-order valence-corrected chi connectivity index (χ0v) is 22.5. The number of hydrogen-bond donors (Lipinski definition) is 3. The maximum atomic E-state index is 11.1. The third-order valence-electron chi connectivity index (χ3n) is 11.7. The Bertz CT molecular complexity index is 832. The van der Waals surface area contributed by atoms with Crippen LogP contribution in [0.1, 0.15) is 107 Å². The summed E-state index contributed by atoms with van der Waals surface area (Å²) in [6.45, 7) is 18.1. The minimum atomic E-state index is -1.03. The normalized spacial score (nSPS) is 44.1. The second-order valence-corrected chi connectivity index (χ2v) is 14.3. The Balaban J connectivity index is 1.61. The summed E-state index contributed by atoms with van der Waals surface area (Å²) in [5, 5.41) is 31.7. The quantitative estimate of drug-likeness (QED) is 0.382. The molecule has 0 aromatic carbocycles. The highest BCUT2D eigenvalue weighted by Crippen LogP contribution is 2.75. The van der Waals surface area contributed by atoms with Gasteiger partial charge in [0.05, 0.1) is 17.5 Å². The summed E-state index contributed by atoms with van der Waals surface area (Å²) < 4.78 is 0. The highest BCUT2D eigenvalue weighted by Gasteiger charge is 2.67. The SMILES string of the molecule is C[C@H](CCC(O)C(C)(C)O)[C@H]1CC[C@@]2(C)[C@@H]3CC=C4[C@@H](C(O)=CCC4(C)C)[C@]3(C)CC[C@]12C. The lowest BCUT2D eigenvalue weighted by Gasteiger charge is -2.65. The van der Waals surface area contributed by atoms with Gasteiger partial charge in [-0.25, -0.2) is 0 Å². The van der Waals surface area contributed by atoms with Gasteiger partial charge in [-0.2, -0.15) is 0 Å². The van der Waals surface area contributed by atoms with Gasteiger partial charge in [0.2, 0.25) is 0 Å². The van der Waals surface area contributed by atoms with Gasteiger partial charge in [0.15, 0.2) is 0 Å². The molecule has 0 aromatic rings. The molecule has 4 aliphatic rings. The van der Waals surface area contributed by atoms with Crippen molar-refractivity contribution in [1.82, 2.24) is 0 Å². The Morgan fingerprint density at radius 3 is 2.30 bits per heavy atom. The minimum Gasteiger partial charge on any atom is -0.512 e. The van der Waals surface area contributed by atoms with Crippen LogP contribution in [-0.4, -0.2) is 27.0 Å². The molecule has 3 N–H and O–H groups in total. The van der Waals surface area contributed by atoms with Crippen molar-refractivity contribution in [2.24, 2.45) is 45.3 Å².